The van der Waals surface area contributed by atoms with E-state index < -0.39 is 4.92 Å². The van der Waals surface area contributed by atoms with Crippen molar-refractivity contribution in [2.24, 2.45) is 0 Å². The lowest BCUT2D eigenvalue weighted by Crippen LogP contribution is -2.10. The van der Waals surface area contributed by atoms with E-state index in [4.69, 9.17) is 0 Å². The second kappa shape index (κ2) is 4.54. The minimum atomic E-state index is -0.423. The molecule has 1 aromatic rings. The van der Waals surface area contributed by atoms with Gasteiger partial charge in [0, 0.05) is 18.7 Å². The van der Waals surface area contributed by atoms with Crippen molar-refractivity contribution in [3.8, 4) is 0 Å². The fourth-order valence-corrected chi connectivity index (χ4v) is 0.891. The Morgan fingerprint density at radius 3 is 2.54 bits per heavy atom. The minimum absolute atomic E-state index is 0.0983. The average Bonchev–Trinajstić information content (AvgIpc) is 2.15. The Morgan fingerprint density at radius 1 is 1.46 bits per heavy atom. The molecule has 1 aromatic carbocycles. The lowest BCUT2D eigenvalue weighted by atomic mass is 10.2. The number of nitro benzene ring substituents is 1. The summed E-state index contributed by atoms with van der Waals surface area (Å²) in [6.45, 7) is 0.536. The Labute approximate surface area is 75.4 Å². The second-order valence-corrected chi connectivity index (χ2v) is 2.45. The highest BCUT2D eigenvalue weighted by Gasteiger charge is 2.02. The first kappa shape index (κ1) is 9.63. The molecule has 0 spiro atoms. The summed E-state index contributed by atoms with van der Waals surface area (Å²) < 4.78 is 0. The molecule has 0 aliphatic rings. The van der Waals surface area contributed by atoms with Crippen molar-refractivity contribution in [2.45, 2.75) is 6.54 Å². The summed E-state index contributed by atoms with van der Waals surface area (Å²) in [5.74, 6) is 0. The molecule has 0 saturated carbocycles. The molecule has 0 heterocycles. The number of benzene rings is 1. The summed E-state index contributed by atoms with van der Waals surface area (Å²) >= 11 is 0. The molecule has 5 nitrogen and oxygen atoms in total. The van der Waals surface area contributed by atoms with Gasteiger partial charge in [-0.2, -0.15) is 5.48 Å². The van der Waals surface area contributed by atoms with Crippen LogP contribution in [0, 0.1) is 10.1 Å². The first-order valence-corrected chi connectivity index (χ1v) is 3.73. The molecule has 1 N–H and O–H groups in total. The van der Waals surface area contributed by atoms with Crippen LogP contribution in [0.25, 0.3) is 0 Å². The zero-order valence-electron chi connectivity index (χ0n) is 7.19. The van der Waals surface area contributed by atoms with E-state index in [2.05, 4.69) is 10.3 Å². The molecular weight excluding hydrogens is 172 g/mol. The number of hydrogen-bond acceptors (Lipinski definition) is 4. The number of hydroxylamine groups is 1. The predicted molar refractivity (Wildman–Crippen MR) is 46.9 cm³/mol. The van der Waals surface area contributed by atoms with Crippen molar-refractivity contribution in [3.05, 3.63) is 39.9 Å². The highest BCUT2D eigenvalue weighted by molar-refractivity contribution is 5.32. The van der Waals surface area contributed by atoms with Gasteiger partial charge < -0.3 is 4.84 Å². The van der Waals surface area contributed by atoms with Crippen molar-refractivity contribution in [1.82, 2.24) is 5.48 Å². The van der Waals surface area contributed by atoms with Crippen LogP contribution in [0.2, 0.25) is 0 Å². The van der Waals surface area contributed by atoms with Crippen LogP contribution in [-0.2, 0) is 11.4 Å². The van der Waals surface area contributed by atoms with Crippen molar-refractivity contribution < 1.29 is 9.76 Å². The van der Waals surface area contributed by atoms with E-state index in [1.807, 2.05) is 0 Å². The van der Waals surface area contributed by atoms with Gasteiger partial charge in [-0.25, -0.2) is 0 Å². The highest BCUT2D eigenvalue weighted by Crippen LogP contribution is 2.11. The SMILES string of the molecule is CONCc1ccc([N+](=O)[O-])cc1. The fourth-order valence-electron chi connectivity index (χ4n) is 0.891. The van der Waals surface area contributed by atoms with E-state index in [0.29, 0.717) is 6.54 Å². The van der Waals surface area contributed by atoms with Crippen LogP contribution in [0.5, 0.6) is 0 Å². The van der Waals surface area contributed by atoms with Crippen LogP contribution >= 0.6 is 0 Å². The van der Waals surface area contributed by atoms with Gasteiger partial charge in [-0.15, -0.1) is 0 Å². The molecule has 13 heavy (non-hydrogen) atoms. The summed E-state index contributed by atoms with van der Waals surface area (Å²) in [7, 11) is 1.52. The van der Waals surface area contributed by atoms with Crippen LogP contribution in [0.15, 0.2) is 24.3 Å². The molecule has 0 radical (unpaired) electrons. The molecule has 0 aliphatic carbocycles. The molecule has 0 saturated heterocycles. The molecule has 0 bridgehead atoms. The maximum Gasteiger partial charge on any atom is 0.269 e. The standard InChI is InChI=1S/C8H10N2O3/c1-13-9-6-7-2-4-8(5-3-7)10(11)12/h2-5,9H,6H2,1H3. The van der Waals surface area contributed by atoms with Crippen LogP contribution in [-0.4, -0.2) is 12.0 Å². The molecule has 0 aliphatic heterocycles. The summed E-state index contributed by atoms with van der Waals surface area (Å²) in [5, 5.41) is 10.3. The van der Waals surface area contributed by atoms with Crippen molar-refractivity contribution in [1.29, 1.82) is 0 Å². The third-order valence-electron chi connectivity index (χ3n) is 1.57. The molecule has 0 amide bonds. The van der Waals surface area contributed by atoms with Crippen LogP contribution in [0.3, 0.4) is 0 Å². The van der Waals surface area contributed by atoms with Crippen molar-refractivity contribution in [2.75, 3.05) is 7.11 Å². The highest BCUT2D eigenvalue weighted by atomic mass is 16.6. The van der Waals surface area contributed by atoms with Gasteiger partial charge in [0.15, 0.2) is 0 Å². The third kappa shape index (κ3) is 2.81. The van der Waals surface area contributed by atoms with Gasteiger partial charge in [0.25, 0.3) is 5.69 Å². The van der Waals surface area contributed by atoms with Gasteiger partial charge >= 0.3 is 0 Å². The molecule has 0 atom stereocenters. The first-order valence-electron chi connectivity index (χ1n) is 3.73. The molecular formula is C8H10N2O3. The summed E-state index contributed by atoms with van der Waals surface area (Å²) in [6, 6.07) is 6.30. The monoisotopic (exact) mass is 182 g/mol. The Morgan fingerprint density at radius 2 is 2.08 bits per heavy atom. The van der Waals surface area contributed by atoms with Crippen LogP contribution < -0.4 is 5.48 Å². The van der Waals surface area contributed by atoms with Crippen LogP contribution in [0.1, 0.15) is 5.56 Å². The van der Waals surface area contributed by atoms with E-state index in [1.165, 1.54) is 19.2 Å². The predicted octanol–water partition coefficient (Wildman–Crippen LogP) is 1.25. The van der Waals surface area contributed by atoms with E-state index in [-0.39, 0.29) is 5.69 Å². The number of non-ortho nitro benzene ring substituents is 1. The number of hydrogen-bond donors (Lipinski definition) is 1. The summed E-state index contributed by atoms with van der Waals surface area (Å²) in [5.41, 5.74) is 3.68. The van der Waals surface area contributed by atoms with E-state index in [0.717, 1.165) is 5.56 Å². The second-order valence-electron chi connectivity index (χ2n) is 2.45. The smallest absolute Gasteiger partial charge is 0.269 e. The maximum absolute atomic E-state index is 10.3. The van der Waals surface area contributed by atoms with Gasteiger partial charge in [0.1, 0.15) is 0 Å². The number of nitro groups is 1. The fraction of sp³-hybridized carbons (Fsp3) is 0.250. The van der Waals surface area contributed by atoms with E-state index in [1.54, 1.807) is 12.1 Å². The maximum atomic E-state index is 10.3. The largest absolute Gasteiger partial charge is 0.305 e. The van der Waals surface area contributed by atoms with Gasteiger partial charge in [-0.1, -0.05) is 12.1 Å². The third-order valence-corrected chi connectivity index (χ3v) is 1.57. The number of nitrogens with zero attached hydrogens (tertiary/aromatic N) is 1. The van der Waals surface area contributed by atoms with E-state index >= 15 is 0 Å². The van der Waals surface area contributed by atoms with Gasteiger partial charge in [0.2, 0.25) is 0 Å². The normalized spacial score (nSPS) is 9.92. The van der Waals surface area contributed by atoms with Gasteiger partial charge in [-0.05, 0) is 5.56 Å². The Kier molecular flexibility index (Phi) is 3.36. The van der Waals surface area contributed by atoms with Gasteiger partial charge in [-0.3, -0.25) is 10.1 Å². The van der Waals surface area contributed by atoms with E-state index in [9.17, 15) is 10.1 Å². The first-order chi connectivity index (χ1) is 6.24. The lowest BCUT2D eigenvalue weighted by molar-refractivity contribution is -0.384. The molecule has 70 valence electrons. The number of nitrogens with one attached hydrogen (secondary N) is 1. The van der Waals surface area contributed by atoms with Crippen molar-refractivity contribution >= 4 is 5.69 Å². The summed E-state index contributed by atoms with van der Waals surface area (Å²) in [4.78, 5) is 14.5. The Hall–Kier alpha value is -1.46. The average molecular weight is 182 g/mol. The minimum Gasteiger partial charge on any atom is -0.305 e. The van der Waals surface area contributed by atoms with Gasteiger partial charge in [0.05, 0.1) is 12.0 Å². The Bertz CT molecular complexity index is 284. The molecule has 0 unspecified atom stereocenters. The quantitative estimate of drug-likeness (QED) is 0.562. The molecule has 0 aromatic heterocycles. The summed E-state index contributed by atoms with van der Waals surface area (Å²) in [6.07, 6.45) is 0. The zero-order valence-corrected chi connectivity index (χ0v) is 7.19. The Balaban J connectivity index is 2.64. The molecule has 5 heteroatoms. The van der Waals surface area contributed by atoms with Crippen molar-refractivity contribution in [3.63, 3.8) is 0 Å². The van der Waals surface area contributed by atoms with Crippen LogP contribution in [0.4, 0.5) is 5.69 Å². The zero-order chi connectivity index (χ0) is 9.68. The number of rotatable bonds is 4. The molecule has 1 rings (SSSR count). The lowest BCUT2D eigenvalue weighted by Gasteiger charge is -2.00. The molecule has 0 fully saturated rings. The topological polar surface area (TPSA) is 64.4 Å².